The molecule has 1 amide bonds. The van der Waals surface area contributed by atoms with Crippen molar-refractivity contribution in [1.82, 2.24) is 4.90 Å². The molecule has 0 spiro atoms. The van der Waals surface area contributed by atoms with E-state index in [1.807, 2.05) is 54.6 Å². The molecule has 2 aliphatic rings. The number of nitrogens with one attached hydrogen (secondary N) is 2. The summed E-state index contributed by atoms with van der Waals surface area (Å²) in [5, 5.41) is 6.43. The molecule has 0 bridgehead atoms. The highest BCUT2D eigenvalue weighted by atomic mass is 16.1. The Morgan fingerprint density at radius 2 is 1.65 bits per heavy atom. The van der Waals surface area contributed by atoms with Gasteiger partial charge in [0, 0.05) is 29.8 Å². The lowest BCUT2D eigenvalue weighted by Crippen LogP contribution is -2.22. The quantitative estimate of drug-likeness (QED) is 0.434. The summed E-state index contributed by atoms with van der Waals surface area (Å²) in [6, 6.07) is 21.5. The minimum Gasteiger partial charge on any atom is -0.385 e. The Balaban J connectivity index is 1.23. The molecule has 1 fully saturated rings. The number of carbonyl (C=O) groups excluding carboxylic acids is 2. The summed E-state index contributed by atoms with van der Waals surface area (Å²) in [5.41, 5.74) is 6.05. The predicted molar refractivity (Wildman–Crippen MR) is 138 cm³/mol. The van der Waals surface area contributed by atoms with Crippen molar-refractivity contribution in [2.45, 2.75) is 32.1 Å². The molecule has 5 rings (SSSR count). The average Bonchev–Trinajstić information content (AvgIpc) is 3.53. The van der Waals surface area contributed by atoms with Crippen molar-refractivity contribution < 1.29 is 9.59 Å². The fourth-order valence-electron chi connectivity index (χ4n) is 5.06. The molecular weight excluding hydrogens is 422 g/mol. The number of anilines is 2. The highest BCUT2D eigenvalue weighted by molar-refractivity contribution is 6.12. The van der Waals surface area contributed by atoms with E-state index in [0.717, 1.165) is 41.9 Å². The molecule has 0 atom stereocenters. The summed E-state index contributed by atoms with van der Waals surface area (Å²) in [6.07, 6.45) is 4.96. The van der Waals surface area contributed by atoms with Crippen molar-refractivity contribution in [1.29, 1.82) is 0 Å². The van der Waals surface area contributed by atoms with Gasteiger partial charge in [-0.25, -0.2) is 0 Å². The lowest BCUT2D eigenvalue weighted by molar-refractivity contribution is 0.0995. The van der Waals surface area contributed by atoms with Gasteiger partial charge in [0.25, 0.3) is 5.91 Å². The molecule has 1 saturated heterocycles. The molecule has 174 valence electrons. The molecule has 3 aromatic carbocycles. The molecule has 2 N–H and O–H groups in total. The molecule has 0 unspecified atom stereocenters. The van der Waals surface area contributed by atoms with E-state index in [1.54, 1.807) is 0 Å². The van der Waals surface area contributed by atoms with Crippen LogP contribution in [-0.4, -0.2) is 42.8 Å². The van der Waals surface area contributed by atoms with Gasteiger partial charge < -0.3 is 15.5 Å². The van der Waals surface area contributed by atoms with Gasteiger partial charge in [-0.2, -0.15) is 0 Å². The Morgan fingerprint density at radius 1 is 0.882 bits per heavy atom. The zero-order valence-corrected chi connectivity index (χ0v) is 19.5. The first kappa shape index (κ1) is 22.4. The van der Waals surface area contributed by atoms with Gasteiger partial charge in [-0.3, -0.25) is 9.59 Å². The van der Waals surface area contributed by atoms with Crippen LogP contribution in [0.1, 0.15) is 52.0 Å². The lowest BCUT2D eigenvalue weighted by atomic mass is 9.95. The standard InChI is InChI=1S/C29H31N3O2/c33-27-16-14-25-24(21-7-2-1-3-8-21)13-15-26(28(25)27)31-29(34)22-9-11-23(12-10-22)30-17-6-20-32-18-4-5-19-32/h1-3,7-13,15,30H,4-6,14,16-20H2,(H,31,34). The van der Waals surface area contributed by atoms with Crippen LogP contribution in [-0.2, 0) is 6.42 Å². The molecule has 1 aliphatic carbocycles. The van der Waals surface area contributed by atoms with E-state index in [2.05, 4.69) is 27.7 Å². The third-order valence-electron chi connectivity index (χ3n) is 6.85. The monoisotopic (exact) mass is 453 g/mol. The Labute approximate surface area is 201 Å². The van der Waals surface area contributed by atoms with Crippen LogP contribution in [0.4, 0.5) is 11.4 Å². The number of Topliss-reactive ketones (excluding diaryl/α,β-unsaturated/α-hetero) is 1. The van der Waals surface area contributed by atoms with E-state index in [4.69, 9.17) is 0 Å². The first-order valence-corrected chi connectivity index (χ1v) is 12.3. The minimum atomic E-state index is -0.199. The van der Waals surface area contributed by atoms with E-state index >= 15 is 0 Å². The Bertz CT molecular complexity index is 1170. The zero-order chi connectivity index (χ0) is 23.3. The Hall–Kier alpha value is -3.44. The smallest absolute Gasteiger partial charge is 0.255 e. The predicted octanol–water partition coefficient (Wildman–Crippen LogP) is 5.63. The van der Waals surface area contributed by atoms with E-state index in [-0.39, 0.29) is 11.7 Å². The maximum absolute atomic E-state index is 12.9. The molecule has 34 heavy (non-hydrogen) atoms. The average molecular weight is 454 g/mol. The number of carbonyl (C=O) groups is 2. The number of ketones is 1. The number of fused-ring (bicyclic) bond motifs is 1. The number of benzene rings is 3. The van der Waals surface area contributed by atoms with Gasteiger partial charge in [-0.1, -0.05) is 36.4 Å². The van der Waals surface area contributed by atoms with Crippen LogP contribution in [0, 0.1) is 0 Å². The molecule has 5 nitrogen and oxygen atoms in total. The van der Waals surface area contributed by atoms with Crippen LogP contribution >= 0.6 is 0 Å². The Kier molecular flexibility index (Phi) is 6.72. The van der Waals surface area contributed by atoms with E-state index in [0.29, 0.717) is 29.7 Å². The highest BCUT2D eigenvalue weighted by Crippen LogP contribution is 2.37. The van der Waals surface area contributed by atoms with Crippen molar-refractivity contribution in [3.63, 3.8) is 0 Å². The van der Waals surface area contributed by atoms with Crippen LogP contribution in [0.15, 0.2) is 66.7 Å². The number of rotatable bonds is 8. The first-order valence-electron chi connectivity index (χ1n) is 12.3. The number of amides is 1. The van der Waals surface area contributed by atoms with Crippen LogP contribution < -0.4 is 10.6 Å². The fraction of sp³-hybridized carbons (Fsp3) is 0.310. The highest BCUT2D eigenvalue weighted by Gasteiger charge is 2.27. The van der Waals surface area contributed by atoms with Crippen LogP contribution in [0.2, 0.25) is 0 Å². The SMILES string of the molecule is O=C(Nc1ccc(-c2ccccc2)c2c1C(=O)CC2)c1ccc(NCCCN2CCCC2)cc1. The van der Waals surface area contributed by atoms with Crippen molar-refractivity contribution in [2.75, 3.05) is 36.8 Å². The Morgan fingerprint density at radius 3 is 2.41 bits per heavy atom. The van der Waals surface area contributed by atoms with Crippen molar-refractivity contribution in [3.8, 4) is 11.1 Å². The maximum atomic E-state index is 12.9. The minimum absolute atomic E-state index is 0.0940. The third-order valence-corrected chi connectivity index (χ3v) is 6.85. The van der Waals surface area contributed by atoms with Crippen molar-refractivity contribution >= 4 is 23.1 Å². The molecule has 0 radical (unpaired) electrons. The van der Waals surface area contributed by atoms with Crippen LogP contribution in [0.3, 0.4) is 0 Å². The van der Waals surface area contributed by atoms with Gasteiger partial charge in [-0.15, -0.1) is 0 Å². The van der Waals surface area contributed by atoms with E-state index in [9.17, 15) is 9.59 Å². The van der Waals surface area contributed by atoms with Gasteiger partial charge in [0.15, 0.2) is 5.78 Å². The number of nitrogens with zero attached hydrogens (tertiary/aromatic N) is 1. The second kappa shape index (κ2) is 10.2. The van der Waals surface area contributed by atoms with Gasteiger partial charge in [0.2, 0.25) is 0 Å². The number of hydrogen-bond acceptors (Lipinski definition) is 4. The second-order valence-electron chi connectivity index (χ2n) is 9.16. The second-order valence-corrected chi connectivity index (χ2v) is 9.16. The van der Waals surface area contributed by atoms with Gasteiger partial charge in [0.05, 0.1) is 5.69 Å². The summed E-state index contributed by atoms with van der Waals surface area (Å²) in [6.45, 7) is 4.52. The molecule has 5 heteroatoms. The summed E-state index contributed by atoms with van der Waals surface area (Å²) in [7, 11) is 0. The summed E-state index contributed by atoms with van der Waals surface area (Å²) in [4.78, 5) is 28.1. The van der Waals surface area contributed by atoms with E-state index in [1.165, 1.54) is 25.9 Å². The van der Waals surface area contributed by atoms with Crippen molar-refractivity contribution in [2.24, 2.45) is 0 Å². The zero-order valence-electron chi connectivity index (χ0n) is 19.5. The molecule has 1 aliphatic heterocycles. The lowest BCUT2D eigenvalue weighted by Gasteiger charge is -2.15. The van der Waals surface area contributed by atoms with Crippen molar-refractivity contribution in [3.05, 3.63) is 83.4 Å². The molecule has 1 heterocycles. The summed E-state index contributed by atoms with van der Waals surface area (Å²) >= 11 is 0. The molecular formula is C29H31N3O2. The number of likely N-dealkylation sites (tertiary alicyclic amines) is 1. The third kappa shape index (κ3) is 4.90. The largest absolute Gasteiger partial charge is 0.385 e. The summed E-state index contributed by atoms with van der Waals surface area (Å²) in [5.74, 6) is -0.105. The number of hydrogen-bond donors (Lipinski definition) is 2. The molecule has 0 saturated carbocycles. The van der Waals surface area contributed by atoms with Crippen LogP contribution in [0.5, 0.6) is 0 Å². The first-order chi connectivity index (χ1) is 16.7. The van der Waals surface area contributed by atoms with Gasteiger partial charge in [-0.05, 0) is 92.3 Å². The topological polar surface area (TPSA) is 61.4 Å². The maximum Gasteiger partial charge on any atom is 0.255 e. The van der Waals surface area contributed by atoms with Crippen LogP contribution in [0.25, 0.3) is 11.1 Å². The van der Waals surface area contributed by atoms with Gasteiger partial charge in [0.1, 0.15) is 0 Å². The van der Waals surface area contributed by atoms with Gasteiger partial charge >= 0.3 is 0 Å². The van der Waals surface area contributed by atoms with E-state index < -0.39 is 0 Å². The molecule has 0 aromatic heterocycles. The fourth-order valence-corrected chi connectivity index (χ4v) is 5.06. The normalized spacial score (nSPS) is 15.4. The molecule has 3 aromatic rings. The summed E-state index contributed by atoms with van der Waals surface area (Å²) < 4.78 is 0.